The van der Waals surface area contributed by atoms with E-state index in [-0.39, 0.29) is 0 Å². The first kappa shape index (κ1) is 15.5. The van der Waals surface area contributed by atoms with Crippen molar-refractivity contribution < 1.29 is 0 Å². The molecule has 0 saturated carbocycles. The van der Waals surface area contributed by atoms with Crippen LogP contribution in [0.3, 0.4) is 0 Å². The van der Waals surface area contributed by atoms with Crippen LogP contribution in [-0.2, 0) is 7.05 Å². The Bertz CT molecular complexity index is 779. The number of rotatable bonds is 4. The number of hydrogen-bond acceptors (Lipinski definition) is 6. The molecule has 2 heterocycles. The predicted octanol–water partition coefficient (Wildman–Crippen LogP) is 4.26. The van der Waals surface area contributed by atoms with E-state index in [1.807, 2.05) is 35.9 Å². The summed E-state index contributed by atoms with van der Waals surface area (Å²) in [6, 6.07) is 7.56. The molecule has 8 heteroatoms. The normalized spacial score (nSPS) is 11.3. The summed E-state index contributed by atoms with van der Waals surface area (Å²) in [5.74, 6) is 2.00. The lowest BCUT2D eigenvalue weighted by atomic mass is 10.2. The highest BCUT2D eigenvalue weighted by Gasteiger charge is 2.15. The van der Waals surface area contributed by atoms with E-state index < -0.39 is 0 Å². The van der Waals surface area contributed by atoms with Gasteiger partial charge in [-0.25, -0.2) is 4.98 Å². The van der Waals surface area contributed by atoms with Crippen LogP contribution in [0.5, 0.6) is 0 Å². The molecule has 0 aliphatic rings. The molecule has 0 saturated heterocycles. The summed E-state index contributed by atoms with van der Waals surface area (Å²) in [5, 5.41) is 10.00. The second-order valence-electron chi connectivity index (χ2n) is 5.05. The maximum atomic E-state index is 5.92. The molecule has 0 N–H and O–H groups in total. The third kappa shape index (κ3) is 3.16. The molecule has 0 amide bonds. The smallest absolute Gasteiger partial charge is 0.198 e. The van der Waals surface area contributed by atoms with Crippen molar-refractivity contribution in [3.63, 3.8) is 0 Å². The van der Waals surface area contributed by atoms with Crippen LogP contribution < -0.4 is 0 Å². The predicted molar refractivity (Wildman–Crippen MR) is 89.6 cm³/mol. The van der Waals surface area contributed by atoms with Gasteiger partial charge in [0.2, 0.25) is 0 Å². The summed E-state index contributed by atoms with van der Waals surface area (Å²) in [4.78, 5) is 4.51. The molecule has 0 atom stereocenters. The van der Waals surface area contributed by atoms with Gasteiger partial charge in [0.1, 0.15) is 5.82 Å². The Balaban J connectivity index is 1.85. The molecular formula is C14H14ClN5S2. The minimum atomic E-state index is 0.328. The number of halogens is 1. The van der Waals surface area contributed by atoms with Crippen LogP contribution in [0.15, 0.2) is 33.8 Å². The fourth-order valence-electron chi connectivity index (χ4n) is 1.83. The minimum Gasteiger partial charge on any atom is -0.305 e. The minimum absolute atomic E-state index is 0.328. The van der Waals surface area contributed by atoms with Gasteiger partial charge in [-0.05, 0) is 47.6 Å². The van der Waals surface area contributed by atoms with E-state index >= 15 is 0 Å². The molecule has 3 rings (SSSR count). The summed E-state index contributed by atoms with van der Waals surface area (Å²) in [7, 11) is 1.94. The lowest BCUT2D eigenvalue weighted by molar-refractivity contribution is 0.782. The van der Waals surface area contributed by atoms with Crippen LogP contribution in [-0.4, -0.2) is 24.1 Å². The van der Waals surface area contributed by atoms with Gasteiger partial charge >= 0.3 is 0 Å². The zero-order chi connectivity index (χ0) is 15.7. The second-order valence-corrected chi connectivity index (χ2v) is 7.45. The molecule has 0 unspecified atom stereocenters. The molecule has 0 radical (unpaired) electrons. The average molecular weight is 352 g/mol. The largest absolute Gasteiger partial charge is 0.305 e. The van der Waals surface area contributed by atoms with Gasteiger partial charge in [0.05, 0.1) is 0 Å². The Kier molecular flexibility index (Phi) is 4.46. The van der Waals surface area contributed by atoms with Crippen molar-refractivity contribution in [1.82, 2.24) is 24.1 Å². The van der Waals surface area contributed by atoms with Crippen molar-refractivity contribution >= 4 is 34.9 Å². The van der Waals surface area contributed by atoms with Gasteiger partial charge in [-0.1, -0.05) is 25.4 Å². The first-order chi connectivity index (χ1) is 10.5. The third-order valence-corrected chi connectivity index (χ3v) is 5.11. The van der Waals surface area contributed by atoms with Gasteiger partial charge in [0, 0.05) is 23.6 Å². The van der Waals surface area contributed by atoms with Crippen LogP contribution in [0.25, 0.3) is 11.4 Å². The molecule has 5 nitrogen and oxygen atoms in total. The molecule has 1 aromatic carbocycles. The maximum absolute atomic E-state index is 5.92. The van der Waals surface area contributed by atoms with E-state index in [2.05, 4.69) is 33.4 Å². The lowest BCUT2D eigenvalue weighted by Gasteiger charge is -2.02. The summed E-state index contributed by atoms with van der Waals surface area (Å²) in [6.45, 7) is 4.16. The van der Waals surface area contributed by atoms with Crippen molar-refractivity contribution in [3.8, 4) is 11.4 Å². The molecule has 0 aliphatic carbocycles. The third-order valence-electron chi connectivity index (χ3n) is 3.06. The quantitative estimate of drug-likeness (QED) is 0.702. The van der Waals surface area contributed by atoms with Crippen LogP contribution in [0, 0.1) is 0 Å². The number of aromatic nitrogens is 5. The van der Waals surface area contributed by atoms with E-state index in [0.717, 1.165) is 26.7 Å². The molecule has 0 spiro atoms. The van der Waals surface area contributed by atoms with Crippen molar-refractivity contribution in [3.05, 3.63) is 35.1 Å². The van der Waals surface area contributed by atoms with Crippen LogP contribution in [0.2, 0.25) is 5.02 Å². The van der Waals surface area contributed by atoms with Gasteiger partial charge in [0.25, 0.3) is 0 Å². The van der Waals surface area contributed by atoms with E-state index in [0.29, 0.717) is 10.9 Å². The van der Waals surface area contributed by atoms with Crippen molar-refractivity contribution in [2.45, 2.75) is 29.3 Å². The molecule has 0 fully saturated rings. The van der Waals surface area contributed by atoms with E-state index in [1.54, 1.807) is 0 Å². The first-order valence-corrected chi connectivity index (χ1v) is 8.68. The fourth-order valence-corrected chi connectivity index (χ4v) is 3.60. The van der Waals surface area contributed by atoms with E-state index in [9.17, 15) is 0 Å². The van der Waals surface area contributed by atoms with Crippen LogP contribution in [0.1, 0.15) is 25.6 Å². The SMILES string of the molecule is CC(C)c1nsc(Sc2nnc(-c3ccc(Cl)cc3)n2C)n1. The van der Waals surface area contributed by atoms with Gasteiger partial charge in [-0.3, -0.25) is 0 Å². The Morgan fingerprint density at radius 3 is 2.55 bits per heavy atom. The van der Waals surface area contributed by atoms with Gasteiger partial charge in [-0.2, -0.15) is 4.37 Å². The van der Waals surface area contributed by atoms with E-state index in [4.69, 9.17) is 11.6 Å². The highest BCUT2D eigenvalue weighted by atomic mass is 35.5. The monoisotopic (exact) mass is 351 g/mol. The molecular weight excluding hydrogens is 338 g/mol. The zero-order valence-electron chi connectivity index (χ0n) is 12.3. The highest BCUT2D eigenvalue weighted by molar-refractivity contribution is 8.00. The van der Waals surface area contributed by atoms with Crippen molar-refractivity contribution in [1.29, 1.82) is 0 Å². The fraction of sp³-hybridized carbons (Fsp3) is 0.286. The van der Waals surface area contributed by atoms with E-state index in [1.165, 1.54) is 23.3 Å². The van der Waals surface area contributed by atoms with Gasteiger partial charge in [-0.15, -0.1) is 10.2 Å². The van der Waals surface area contributed by atoms with Gasteiger partial charge < -0.3 is 4.57 Å². The average Bonchev–Trinajstić information content (AvgIpc) is 3.09. The maximum Gasteiger partial charge on any atom is 0.198 e. The highest BCUT2D eigenvalue weighted by Crippen LogP contribution is 2.31. The molecule has 0 aliphatic heterocycles. The summed E-state index contributed by atoms with van der Waals surface area (Å²) >= 11 is 8.79. The molecule has 114 valence electrons. The second kappa shape index (κ2) is 6.36. The summed E-state index contributed by atoms with van der Waals surface area (Å²) < 4.78 is 7.18. The molecule has 0 bridgehead atoms. The number of hydrogen-bond donors (Lipinski definition) is 0. The Hall–Kier alpha value is -1.44. The van der Waals surface area contributed by atoms with Crippen molar-refractivity contribution in [2.75, 3.05) is 0 Å². The molecule has 3 aromatic rings. The lowest BCUT2D eigenvalue weighted by Crippen LogP contribution is -1.94. The Morgan fingerprint density at radius 1 is 1.18 bits per heavy atom. The summed E-state index contributed by atoms with van der Waals surface area (Å²) in [5.41, 5.74) is 0.978. The first-order valence-electron chi connectivity index (χ1n) is 6.71. The Morgan fingerprint density at radius 2 is 1.91 bits per heavy atom. The van der Waals surface area contributed by atoms with Crippen LogP contribution >= 0.6 is 34.9 Å². The molecule has 2 aromatic heterocycles. The Labute approximate surface area is 141 Å². The molecule has 22 heavy (non-hydrogen) atoms. The zero-order valence-corrected chi connectivity index (χ0v) is 14.7. The standard InChI is InChI=1S/C14H14ClN5S2/c1-8(2)11-16-14(22-19-11)21-13-18-17-12(20(13)3)9-4-6-10(15)7-5-9/h4-8H,1-3H3. The number of nitrogens with zero attached hydrogens (tertiary/aromatic N) is 5. The topological polar surface area (TPSA) is 56.5 Å². The summed E-state index contributed by atoms with van der Waals surface area (Å²) in [6.07, 6.45) is 0. The van der Waals surface area contributed by atoms with Gasteiger partial charge in [0.15, 0.2) is 15.3 Å². The van der Waals surface area contributed by atoms with Crippen LogP contribution in [0.4, 0.5) is 0 Å². The van der Waals surface area contributed by atoms with Crippen molar-refractivity contribution in [2.24, 2.45) is 7.05 Å². The number of benzene rings is 1.